The van der Waals surface area contributed by atoms with Gasteiger partial charge in [-0.05, 0) is 31.2 Å². The summed E-state index contributed by atoms with van der Waals surface area (Å²) in [5.41, 5.74) is -0.442. The third kappa shape index (κ3) is 2.48. The van der Waals surface area contributed by atoms with Gasteiger partial charge in [-0.25, -0.2) is 8.42 Å². The number of ether oxygens (including phenoxy) is 1. The second-order valence-corrected chi connectivity index (χ2v) is 8.38. The molecule has 0 N–H and O–H groups in total. The van der Waals surface area contributed by atoms with Crippen molar-refractivity contribution in [2.24, 2.45) is 11.8 Å². The van der Waals surface area contributed by atoms with Crippen molar-refractivity contribution in [3.63, 3.8) is 0 Å². The van der Waals surface area contributed by atoms with E-state index in [0.717, 1.165) is 12.8 Å². The van der Waals surface area contributed by atoms with Crippen LogP contribution < -0.4 is 0 Å². The zero-order valence-corrected chi connectivity index (χ0v) is 13.5. The molecule has 0 radical (unpaired) electrons. The van der Waals surface area contributed by atoms with Crippen LogP contribution in [0.4, 0.5) is 5.69 Å². The first-order chi connectivity index (χ1) is 11.4. The molecule has 2 aliphatic heterocycles. The minimum absolute atomic E-state index is 0.119. The number of sulfonamides is 1. The SMILES string of the molecule is O=C1O[C@H]([C@@H]2CN2S(=O)(=O)c2ccccc2[N+](=O)[O-])C[C@H]1C1CC1. The van der Waals surface area contributed by atoms with Crippen molar-refractivity contribution in [2.45, 2.75) is 36.3 Å². The van der Waals surface area contributed by atoms with Crippen LogP contribution in [0.25, 0.3) is 0 Å². The molecule has 8 nitrogen and oxygen atoms in total. The molecule has 2 heterocycles. The molecule has 1 aliphatic carbocycles. The highest BCUT2D eigenvalue weighted by molar-refractivity contribution is 7.89. The lowest BCUT2D eigenvalue weighted by atomic mass is 9.98. The van der Waals surface area contributed by atoms with E-state index in [1.807, 2.05) is 0 Å². The molecule has 3 aliphatic rings. The van der Waals surface area contributed by atoms with Gasteiger partial charge in [0.25, 0.3) is 5.69 Å². The molecule has 4 atom stereocenters. The summed E-state index contributed by atoms with van der Waals surface area (Å²) in [6.45, 7) is 0.226. The van der Waals surface area contributed by atoms with Gasteiger partial charge in [0.1, 0.15) is 6.10 Å². The summed E-state index contributed by atoms with van der Waals surface area (Å²) in [5, 5.41) is 11.1. The van der Waals surface area contributed by atoms with Crippen LogP contribution in [0, 0.1) is 22.0 Å². The number of nitro groups is 1. The molecule has 0 bridgehead atoms. The Morgan fingerprint density at radius 2 is 1.96 bits per heavy atom. The first-order valence-electron chi connectivity index (χ1n) is 7.85. The van der Waals surface area contributed by atoms with E-state index in [1.165, 1.54) is 28.6 Å². The molecule has 2 saturated heterocycles. The molecule has 4 rings (SSSR count). The average Bonchev–Trinajstić information content (AvgIpc) is 3.45. The van der Waals surface area contributed by atoms with Crippen LogP contribution in [0.1, 0.15) is 19.3 Å². The quantitative estimate of drug-likeness (QED) is 0.342. The van der Waals surface area contributed by atoms with Gasteiger partial charge in [-0.1, -0.05) is 12.1 Å². The highest BCUT2D eigenvalue weighted by atomic mass is 32.2. The van der Waals surface area contributed by atoms with E-state index in [1.54, 1.807) is 0 Å². The molecule has 1 aromatic rings. The van der Waals surface area contributed by atoms with Gasteiger partial charge in [0.2, 0.25) is 10.0 Å². The predicted molar refractivity (Wildman–Crippen MR) is 81.5 cm³/mol. The molecule has 3 fully saturated rings. The van der Waals surface area contributed by atoms with E-state index in [0.29, 0.717) is 12.3 Å². The zero-order chi connectivity index (χ0) is 17.1. The lowest BCUT2D eigenvalue weighted by Crippen LogP contribution is -2.23. The molecular formula is C15H16N2O6S. The third-order valence-electron chi connectivity index (χ3n) is 4.93. The number of nitrogens with zero attached hydrogens (tertiary/aromatic N) is 2. The van der Waals surface area contributed by atoms with Crippen molar-refractivity contribution in [1.29, 1.82) is 0 Å². The standard InChI is InChI=1S/C15H16N2O6S/c18-15-10(9-5-6-9)7-13(23-15)12-8-16(12)24(21,22)14-4-2-1-3-11(14)17(19)20/h1-4,9-10,12-13H,5-8H2/t10-,12-,13-,16?/m0/s1. The van der Waals surface area contributed by atoms with Gasteiger partial charge < -0.3 is 4.74 Å². The zero-order valence-electron chi connectivity index (χ0n) is 12.7. The number of carbonyl (C=O) groups excluding carboxylic acids is 1. The minimum Gasteiger partial charge on any atom is -0.460 e. The Kier molecular flexibility index (Phi) is 3.40. The molecule has 1 unspecified atom stereocenters. The molecule has 9 heteroatoms. The molecule has 128 valence electrons. The molecular weight excluding hydrogens is 336 g/mol. The maximum Gasteiger partial charge on any atom is 0.309 e. The lowest BCUT2D eigenvalue weighted by Gasteiger charge is -2.10. The van der Waals surface area contributed by atoms with Gasteiger partial charge in [0.15, 0.2) is 4.90 Å². The number of hydrogen-bond acceptors (Lipinski definition) is 6. The van der Waals surface area contributed by atoms with Crippen LogP contribution in [-0.2, 0) is 19.6 Å². The summed E-state index contributed by atoms with van der Waals surface area (Å²) in [5.74, 6) is 0.0187. The van der Waals surface area contributed by atoms with Crippen molar-refractivity contribution < 1.29 is 22.9 Å². The fourth-order valence-corrected chi connectivity index (χ4v) is 5.17. The fourth-order valence-electron chi connectivity index (χ4n) is 3.42. The van der Waals surface area contributed by atoms with E-state index in [9.17, 15) is 23.3 Å². The minimum atomic E-state index is -3.97. The number of hydrogen-bond donors (Lipinski definition) is 0. The van der Waals surface area contributed by atoms with Crippen LogP contribution in [-0.4, -0.2) is 42.3 Å². The Hall–Kier alpha value is -2.00. The number of rotatable bonds is 5. The average molecular weight is 352 g/mol. The van der Waals surface area contributed by atoms with Crippen molar-refractivity contribution in [1.82, 2.24) is 4.31 Å². The largest absolute Gasteiger partial charge is 0.460 e. The van der Waals surface area contributed by atoms with Crippen LogP contribution >= 0.6 is 0 Å². The second-order valence-electron chi connectivity index (χ2n) is 6.52. The highest BCUT2D eigenvalue weighted by Crippen LogP contribution is 2.46. The Labute approximate surface area is 138 Å². The van der Waals surface area contributed by atoms with Crippen molar-refractivity contribution >= 4 is 21.7 Å². The maximum absolute atomic E-state index is 12.7. The lowest BCUT2D eigenvalue weighted by molar-refractivity contribution is -0.387. The number of nitro benzene ring substituents is 1. The maximum atomic E-state index is 12.7. The number of para-hydroxylation sites is 1. The van der Waals surface area contributed by atoms with Gasteiger partial charge in [-0.2, -0.15) is 4.31 Å². The Morgan fingerprint density at radius 3 is 2.62 bits per heavy atom. The molecule has 24 heavy (non-hydrogen) atoms. The molecule has 0 amide bonds. The van der Waals surface area contributed by atoms with E-state index in [2.05, 4.69) is 0 Å². The van der Waals surface area contributed by atoms with Gasteiger partial charge in [-0.15, -0.1) is 0 Å². The topological polar surface area (TPSA) is 107 Å². The van der Waals surface area contributed by atoms with Crippen molar-refractivity contribution in [2.75, 3.05) is 6.54 Å². The Bertz CT molecular complexity index is 819. The van der Waals surface area contributed by atoms with Crippen LogP contribution in [0.2, 0.25) is 0 Å². The summed E-state index contributed by atoms with van der Waals surface area (Å²) in [6, 6.07) is 4.87. The van der Waals surface area contributed by atoms with Gasteiger partial charge in [0.05, 0.1) is 16.9 Å². The number of esters is 1. The summed E-state index contributed by atoms with van der Waals surface area (Å²) in [4.78, 5) is 21.9. The number of cyclic esters (lactones) is 1. The monoisotopic (exact) mass is 352 g/mol. The highest BCUT2D eigenvalue weighted by Gasteiger charge is 2.56. The van der Waals surface area contributed by atoms with Crippen LogP contribution in [0.3, 0.4) is 0 Å². The summed E-state index contributed by atoms with van der Waals surface area (Å²) in [6.07, 6.45) is 2.14. The second kappa shape index (κ2) is 5.25. The van der Waals surface area contributed by atoms with E-state index < -0.39 is 32.8 Å². The number of benzene rings is 1. The van der Waals surface area contributed by atoms with Crippen molar-refractivity contribution in [3.05, 3.63) is 34.4 Å². The molecule has 1 aromatic carbocycles. The van der Waals surface area contributed by atoms with E-state index in [4.69, 9.17) is 4.74 Å². The fraction of sp³-hybridized carbons (Fsp3) is 0.533. The summed E-state index contributed by atoms with van der Waals surface area (Å²) < 4.78 is 31.9. The molecule has 0 aromatic heterocycles. The van der Waals surface area contributed by atoms with Gasteiger partial charge >= 0.3 is 5.97 Å². The normalized spacial score (nSPS) is 32.4. The summed E-state index contributed by atoms with van der Waals surface area (Å²) >= 11 is 0. The third-order valence-corrected chi connectivity index (χ3v) is 6.87. The summed E-state index contributed by atoms with van der Waals surface area (Å²) in [7, 11) is -3.97. The first-order valence-corrected chi connectivity index (χ1v) is 9.29. The van der Waals surface area contributed by atoms with Crippen LogP contribution in [0.5, 0.6) is 0 Å². The molecule has 1 saturated carbocycles. The van der Waals surface area contributed by atoms with Crippen LogP contribution in [0.15, 0.2) is 29.2 Å². The number of carbonyl (C=O) groups is 1. The first kappa shape index (κ1) is 15.5. The molecule has 0 spiro atoms. The Balaban J connectivity index is 1.53. The smallest absolute Gasteiger partial charge is 0.309 e. The Morgan fingerprint density at radius 1 is 1.25 bits per heavy atom. The van der Waals surface area contributed by atoms with Crippen molar-refractivity contribution in [3.8, 4) is 0 Å². The van der Waals surface area contributed by atoms with E-state index >= 15 is 0 Å². The van der Waals surface area contributed by atoms with E-state index in [-0.39, 0.29) is 23.3 Å². The predicted octanol–water partition coefficient (Wildman–Crippen LogP) is 1.31. The van der Waals surface area contributed by atoms with Gasteiger partial charge in [-0.3, -0.25) is 14.9 Å². The van der Waals surface area contributed by atoms with Gasteiger partial charge in [0, 0.05) is 12.6 Å².